The van der Waals surface area contributed by atoms with Crippen LogP contribution in [0.3, 0.4) is 0 Å². The third kappa shape index (κ3) is 5.47. The molecule has 0 bridgehead atoms. The first-order chi connectivity index (χ1) is 17.2. The van der Waals surface area contributed by atoms with Crippen LogP contribution in [0.1, 0.15) is 15.9 Å². The van der Waals surface area contributed by atoms with Crippen LogP contribution in [-0.4, -0.2) is 25.9 Å². The van der Waals surface area contributed by atoms with Gasteiger partial charge < -0.3 is 0 Å². The van der Waals surface area contributed by atoms with Gasteiger partial charge in [-0.05, 0) is 37.3 Å². The van der Waals surface area contributed by atoms with Crippen molar-refractivity contribution in [3.63, 3.8) is 0 Å². The van der Waals surface area contributed by atoms with Gasteiger partial charge in [0.25, 0.3) is 15.9 Å². The third-order valence-corrected chi connectivity index (χ3v) is 8.59. The summed E-state index contributed by atoms with van der Waals surface area (Å²) in [6.07, 6.45) is 1.44. The van der Waals surface area contributed by atoms with Crippen LogP contribution in [0.4, 0.5) is 10.8 Å². The van der Waals surface area contributed by atoms with Gasteiger partial charge in [0.05, 0.1) is 28.0 Å². The Morgan fingerprint density at radius 3 is 2.50 bits per heavy atom. The van der Waals surface area contributed by atoms with E-state index in [0.717, 1.165) is 21.1 Å². The van der Waals surface area contributed by atoms with Crippen molar-refractivity contribution in [1.29, 1.82) is 0 Å². The molecule has 0 spiro atoms. The number of aryl methyl sites for hydroxylation is 1. The molecule has 0 saturated heterocycles. The largest absolute Gasteiger partial charge is 0.298 e. The maximum atomic E-state index is 13.6. The summed E-state index contributed by atoms with van der Waals surface area (Å²) in [7, 11) is -4.18. The molecule has 6 nitrogen and oxygen atoms in total. The topological polar surface area (TPSA) is 79.4 Å². The Bertz CT molecular complexity index is 1530. The van der Waals surface area contributed by atoms with Gasteiger partial charge in [-0.2, -0.15) is 0 Å². The molecule has 36 heavy (non-hydrogen) atoms. The number of hydrogen-bond acceptors (Lipinski definition) is 5. The summed E-state index contributed by atoms with van der Waals surface area (Å²) in [5.74, 6) is -0.513. The number of amides is 1. The number of carbonyl (C=O) groups is 1. The minimum absolute atomic E-state index is 0.0245. The maximum absolute atomic E-state index is 13.6. The highest BCUT2D eigenvalue weighted by Crippen LogP contribution is 2.33. The zero-order valence-electron chi connectivity index (χ0n) is 19.1. The van der Waals surface area contributed by atoms with Crippen LogP contribution in [-0.2, 0) is 10.0 Å². The fourth-order valence-corrected chi connectivity index (χ4v) is 6.38. The summed E-state index contributed by atoms with van der Waals surface area (Å²) in [5, 5.41) is 5.19. The number of rotatable bonds is 8. The van der Waals surface area contributed by atoms with E-state index in [1.165, 1.54) is 35.6 Å². The first-order valence-electron chi connectivity index (χ1n) is 10.7. The average Bonchev–Trinajstić information content (AvgIpc) is 3.32. The highest BCUT2D eigenvalue weighted by molar-refractivity contribution is 7.93. The molecule has 1 heterocycles. The van der Waals surface area contributed by atoms with Crippen LogP contribution in [0.25, 0.3) is 11.3 Å². The highest BCUT2D eigenvalue weighted by atomic mass is 35.5. The number of para-hydroxylation sites is 1. The zero-order valence-corrected chi connectivity index (χ0v) is 22.3. The number of anilines is 2. The van der Waals surface area contributed by atoms with Crippen molar-refractivity contribution in [2.24, 2.45) is 0 Å². The van der Waals surface area contributed by atoms with Gasteiger partial charge >= 0.3 is 0 Å². The number of hydrogen-bond donors (Lipinski definition) is 1. The summed E-state index contributed by atoms with van der Waals surface area (Å²) in [6, 6.07) is 18.5. The fraction of sp³-hybridized carbons (Fsp3) is 0.0769. The van der Waals surface area contributed by atoms with Crippen LogP contribution in [0.2, 0.25) is 10.0 Å². The zero-order chi connectivity index (χ0) is 25.9. The molecule has 0 aliphatic rings. The number of aromatic nitrogens is 1. The SMILES string of the molecule is C=CCN(c1ccccc1Cl)S(=O)(=O)c1cc(C(=O)Nc2nc(-c3ccc(C)cc3)cs2)ccc1Cl. The number of thiazole rings is 1. The van der Waals surface area contributed by atoms with Crippen molar-refractivity contribution < 1.29 is 13.2 Å². The van der Waals surface area contributed by atoms with Crippen molar-refractivity contribution in [2.45, 2.75) is 11.8 Å². The molecule has 3 aromatic carbocycles. The van der Waals surface area contributed by atoms with E-state index in [9.17, 15) is 13.2 Å². The van der Waals surface area contributed by atoms with Gasteiger partial charge in [-0.15, -0.1) is 17.9 Å². The second-order valence-corrected chi connectivity index (χ2v) is 11.3. The summed E-state index contributed by atoms with van der Waals surface area (Å²) in [4.78, 5) is 17.2. The van der Waals surface area contributed by atoms with E-state index in [-0.39, 0.29) is 32.7 Å². The summed E-state index contributed by atoms with van der Waals surface area (Å²) in [5.41, 5.74) is 3.19. The van der Waals surface area contributed by atoms with Gasteiger partial charge in [-0.3, -0.25) is 14.4 Å². The van der Waals surface area contributed by atoms with Gasteiger partial charge in [0.2, 0.25) is 0 Å². The van der Waals surface area contributed by atoms with E-state index in [1.807, 2.05) is 36.6 Å². The van der Waals surface area contributed by atoms with Gasteiger partial charge in [-0.1, -0.05) is 71.2 Å². The molecule has 0 radical (unpaired) electrons. The molecule has 184 valence electrons. The molecule has 0 aliphatic carbocycles. The second kappa shape index (κ2) is 10.8. The van der Waals surface area contributed by atoms with E-state index in [2.05, 4.69) is 16.9 Å². The minimum atomic E-state index is -4.18. The first-order valence-corrected chi connectivity index (χ1v) is 13.8. The molecular weight excluding hydrogens is 537 g/mol. The molecule has 4 rings (SSSR count). The van der Waals surface area contributed by atoms with E-state index >= 15 is 0 Å². The van der Waals surface area contributed by atoms with E-state index < -0.39 is 15.9 Å². The Labute approximate surface area is 223 Å². The smallest absolute Gasteiger partial charge is 0.266 e. The molecular formula is C26H21Cl2N3O3S2. The van der Waals surface area contributed by atoms with Crippen molar-refractivity contribution in [3.8, 4) is 11.3 Å². The number of halogens is 2. The number of benzene rings is 3. The van der Waals surface area contributed by atoms with Crippen LogP contribution >= 0.6 is 34.5 Å². The predicted octanol–water partition coefficient (Wildman–Crippen LogP) is 7.06. The van der Waals surface area contributed by atoms with Crippen LogP contribution in [0.15, 0.2) is 89.7 Å². The van der Waals surface area contributed by atoms with Gasteiger partial charge in [-0.25, -0.2) is 13.4 Å². The van der Waals surface area contributed by atoms with Crippen molar-refractivity contribution in [2.75, 3.05) is 16.2 Å². The molecule has 0 fully saturated rings. The Hall–Kier alpha value is -3.17. The fourth-order valence-electron chi connectivity index (χ4n) is 3.42. The number of sulfonamides is 1. The molecule has 10 heteroatoms. The van der Waals surface area contributed by atoms with Crippen LogP contribution in [0, 0.1) is 6.92 Å². The average molecular weight is 559 g/mol. The normalized spacial score (nSPS) is 11.2. The van der Waals surface area contributed by atoms with E-state index in [4.69, 9.17) is 23.2 Å². The van der Waals surface area contributed by atoms with Crippen molar-refractivity contribution in [1.82, 2.24) is 4.98 Å². The van der Waals surface area contributed by atoms with Gasteiger partial charge in [0.15, 0.2) is 5.13 Å². The Morgan fingerprint density at radius 1 is 1.08 bits per heavy atom. The standard InChI is InChI=1S/C26H21Cl2N3O3S2/c1-3-14-31(23-7-5-4-6-20(23)27)36(33,34)24-15-19(12-13-21(24)28)25(32)30-26-29-22(16-35-26)18-10-8-17(2)9-11-18/h3-13,15-16H,1,14H2,2H3,(H,29,30,32). The molecule has 0 saturated carbocycles. The predicted molar refractivity (Wildman–Crippen MR) is 148 cm³/mol. The molecule has 1 N–H and O–H groups in total. The molecule has 0 unspecified atom stereocenters. The maximum Gasteiger partial charge on any atom is 0.266 e. The van der Waals surface area contributed by atoms with Gasteiger partial charge in [0, 0.05) is 16.5 Å². The molecule has 0 atom stereocenters. The minimum Gasteiger partial charge on any atom is -0.298 e. The first kappa shape index (κ1) is 25.9. The summed E-state index contributed by atoms with van der Waals surface area (Å²) in [6.45, 7) is 5.61. The van der Waals surface area contributed by atoms with E-state index in [1.54, 1.807) is 24.3 Å². The summed E-state index contributed by atoms with van der Waals surface area (Å²) < 4.78 is 28.3. The van der Waals surface area contributed by atoms with E-state index in [0.29, 0.717) is 5.13 Å². The van der Waals surface area contributed by atoms with Crippen molar-refractivity contribution in [3.05, 3.63) is 106 Å². The lowest BCUT2D eigenvalue weighted by molar-refractivity contribution is 0.102. The Balaban J connectivity index is 1.63. The third-order valence-electron chi connectivity index (χ3n) is 5.25. The number of carbonyl (C=O) groups excluding carboxylic acids is 1. The van der Waals surface area contributed by atoms with Crippen LogP contribution in [0.5, 0.6) is 0 Å². The highest BCUT2D eigenvalue weighted by Gasteiger charge is 2.29. The molecule has 0 aliphatic heterocycles. The second-order valence-electron chi connectivity index (χ2n) is 7.78. The Morgan fingerprint density at radius 2 is 1.81 bits per heavy atom. The van der Waals surface area contributed by atoms with Crippen molar-refractivity contribution >= 4 is 61.3 Å². The number of nitrogens with zero attached hydrogens (tertiary/aromatic N) is 2. The molecule has 1 aromatic heterocycles. The van der Waals surface area contributed by atoms with Gasteiger partial charge in [0.1, 0.15) is 4.90 Å². The lowest BCUT2D eigenvalue weighted by Crippen LogP contribution is -2.32. The van der Waals surface area contributed by atoms with Crippen LogP contribution < -0.4 is 9.62 Å². The monoisotopic (exact) mass is 557 g/mol. The molecule has 1 amide bonds. The summed E-state index contributed by atoms with van der Waals surface area (Å²) >= 11 is 13.8. The number of nitrogens with one attached hydrogen (secondary N) is 1. The Kier molecular flexibility index (Phi) is 7.80. The lowest BCUT2D eigenvalue weighted by Gasteiger charge is -2.24. The lowest BCUT2D eigenvalue weighted by atomic mass is 10.1. The quantitative estimate of drug-likeness (QED) is 0.235. The molecule has 4 aromatic rings.